The summed E-state index contributed by atoms with van der Waals surface area (Å²) >= 11 is 0. The summed E-state index contributed by atoms with van der Waals surface area (Å²) in [6.45, 7) is 9.00. The van der Waals surface area contributed by atoms with Gasteiger partial charge < -0.3 is 9.90 Å². The van der Waals surface area contributed by atoms with Crippen LogP contribution in [-0.2, 0) is 71.9 Å². The number of carboxylic acids is 1. The number of aliphatic carboxylic acids is 1. The molecule has 0 saturated heterocycles. The molecule has 0 unspecified atom stereocenters. The minimum absolute atomic E-state index is 0. The fraction of sp³-hybridized carbons (Fsp3) is 0.769. The molecule has 0 N–H and O–H groups in total. The average molecular weight is 599 g/mol. The van der Waals surface area contributed by atoms with Gasteiger partial charge in [0.25, 0.3) is 0 Å². The largest absolute Gasteiger partial charge is 0 e. The number of hydrogen-bond donors (Lipinski definition) is 0. The van der Waals surface area contributed by atoms with Gasteiger partial charge in [-0.05, 0) is 0 Å². The van der Waals surface area contributed by atoms with Gasteiger partial charge in [-0.2, -0.15) is 53.9 Å². The van der Waals surface area contributed by atoms with Gasteiger partial charge in [0.1, 0.15) is 5.97 Å². The Morgan fingerprint density at radius 3 is 0.697 bits per heavy atom. The Kier molecular flexibility index (Phi) is 64.4. The van der Waals surface area contributed by atoms with Gasteiger partial charge in [-0.15, -0.1) is 0 Å². The van der Waals surface area contributed by atoms with E-state index in [1.807, 2.05) is 0 Å². The molecular formula is C13H30F3MnO13P3+2. The molecule has 20 heteroatoms. The molecule has 0 spiro atoms. The topological polar surface area (TPSA) is 163 Å². The SMILES string of the molecule is CO[PH+](OC)OC.CO[PH+](OC)OC.CO[PH+](OC)OC.O=C([O-])C(F)(F)F.[C-]#[O+].[C-]#[O+].[Mn]. The summed E-state index contributed by atoms with van der Waals surface area (Å²) in [4.78, 5) is 8.78. The molecule has 1 radical (unpaired) electrons. The molecule has 0 aromatic carbocycles. The Hall–Kier alpha value is 0.189. The first-order chi connectivity index (χ1) is 15.0. The van der Waals surface area contributed by atoms with Crippen LogP contribution in [0.5, 0.6) is 0 Å². The first-order valence-electron chi connectivity index (χ1n) is 7.14. The molecule has 0 heterocycles. The fourth-order valence-electron chi connectivity index (χ4n) is 0.750. The number of hydrogen-bond acceptors (Lipinski definition) is 11. The van der Waals surface area contributed by atoms with Crippen molar-refractivity contribution in [3.05, 3.63) is 13.3 Å². The molecule has 13 nitrogen and oxygen atoms in total. The zero-order valence-electron chi connectivity index (χ0n) is 19.3. The van der Waals surface area contributed by atoms with E-state index in [9.17, 15) is 13.2 Å². The predicted molar refractivity (Wildman–Crippen MR) is 107 cm³/mol. The zero-order chi connectivity index (χ0) is 27.2. The molecule has 0 fully saturated rings. The zero-order valence-corrected chi connectivity index (χ0v) is 23.5. The van der Waals surface area contributed by atoms with Gasteiger partial charge in [0.05, 0.1) is 64.0 Å². The summed E-state index contributed by atoms with van der Waals surface area (Å²) in [7, 11) is 9.92. The summed E-state index contributed by atoms with van der Waals surface area (Å²) in [5.41, 5.74) is 0. The van der Waals surface area contributed by atoms with Crippen LogP contribution in [0.4, 0.5) is 13.2 Å². The van der Waals surface area contributed by atoms with Crippen LogP contribution < -0.4 is 5.11 Å². The summed E-state index contributed by atoms with van der Waals surface area (Å²) in [6.07, 6.45) is -5.19. The van der Waals surface area contributed by atoms with Gasteiger partial charge in [0.15, 0.2) is 0 Å². The summed E-state index contributed by atoms with van der Waals surface area (Å²) < 4.78 is 88.9. The van der Waals surface area contributed by atoms with Crippen molar-refractivity contribution in [3.8, 4) is 0 Å². The van der Waals surface area contributed by atoms with Crippen LogP contribution in [0.3, 0.4) is 0 Å². The number of carbonyl (C=O) groups excluding carboxylic acids is 1. The van der Waals surface area contributed by atoms with Crippen molar-refractivity contribution in [2.75, 3.05) is 64.0 Å². The Bertz CT molecular complexity index is 347. The van der Waals surface area contributed by atoms with Crippen LogP contribution in [0.1, 0.15) is 0 Å². The van der Waals surface area contributed by atoms with Crippen LogP contribution in [-0.4, -0.2) is 76.1 Å². The number of halogens is 3. The van der Waals surface area contributed by atoms with Gasteiger partial charge in [0, 0.05) is 17.1 Å². The number of rotatable bonds is 9. The van der Waals surface area contributed by atoms with Gasteiger partial charge in [-0.3, -0.25) is 0 Å². The number of carbonyl (C=O) groups is 1. The minimum Gasteiger partial charge on any atom is 0 e. The maximum Gasteiger partial charge on any atom is 0 e. The standard InChI is InChI=1S/3C3H10O3P.C2HF3O2.2CO.Mn/c3*1-4-7(5-2)6-3;3-2(4,5)1(6)7;2*1-2;/h3*7H,1-3H3;(H,6,7);;;/q3*+1;;;;/p-1. The van der Waals surface area contributed by atoms with E-state index in [4.69, 9.17) is 59.9 Å². The van der Waals surface area contributed by atoms with Crippen LogP contribution in [0, 0.1) is 13.3 Å². The van der Waals surface area contributed by atoms with Crippen LogP contribution in [0.2, 0.25) is 0 Å². The molecule has 0 aliphatic rings. The Morgan fingerprint density at radius 2 is 0.697 bits per heavy atom. The number of carboxylic acid groups (broad SMARTS) is 1. The van der Waals surface area contributed by atoms with Crippen molar-refractivity contribution in [3.63, 3.8) is 0 Å². The first-order valence-corrected chi connectivity index (χ1v) is 10.8. The van der Waals surface area contributed by atoms with Crippen molar-refractivity contribution in [1.82, 2.24) is 0 Å². The second-order valence-corrected chi connectivity index (χ2v) is 8.55. The third-order valence-corrected chi connectivity index (χ3v) is 4.73. The van der Waals surface area contributed by atoms with E-state index >= 15 is 0 Å². The van der Waals surface area contributed by atoms with Crippen LogP contribution in [0.25, 0.3) is 0 Å². The minimum atomic E-state index is -5.19. The molecule has 0 saturated carbocycles. The summed E-state index contributed by atoms with van der Waals surface area (Å²) in [5.74, 6) is -3.01. The van der Waals surface area contributed by atoms with E-state index in [2.05, 4.69) is 13.3 Å². The van der Waals surface area contributed by atoms with E-state index in [0.717, 1.165) is 0 Å². The Morgan fingerprint density at radius 1 is 0.606 bits per heavy atom. The number of alkyl halides is 3. The van der Waals surface area contributed by atoms with Crippen LogP contribution >= 0.6 is 25.8 Å². The summed E-state index contributed by atoms with van der Waals surface area (Å²) in [6, 6.07) is 0. The monoisotopic (exact) mass is 599 g/mol. The molecule has 0 aromatic rings. The molecule has 0 amide bonds. The maximum absolute atomic E-state index is 10.5. The molecule has 0 bridgehead atoms. The first kappa shape index (κ1) is 50.1. The molecule has 0 aliphatic carbocycles. The van der Waals surface area contributed by atoms with Crippen molar-refractivity contribution >= 4 is 31.8 Å². The summed E-state index contributed by atoms with van der Waals surface area (Å²) in [5, 5.41) is 8.78. The quantitative estimate of drug-likeness (QED) is 0.165. The molecule has 0 atom stereocenters. The smallest absolute Gasteiger partial charge is 0 e. The van der Waals surface area contributed by atoms with Gasteiger partial charge >= 0.3 is 54.6 Å². The van der Waals surface area contributed by atoms with Crippen molar-refractivity contribution in [1.29, 1.82) is 0 Å². The van der Waals surface area contributed by atoms with Gasteiger partial charge in [-0.25, -0.2) is 0 Å². The van der Waals surface area contributed by atoms with Crippen molar-refractivity contribution in [2.45, 2.75) is 6.18 Å². The Labute approximate surface area is 205 Å². The van der Waals surface area contributed by atoms with E-state index in [-0.39, 0.29) is 17.1 Å². The third-order valence-electron chi connectivity index (χ3n) is 1.73. The maximum atomic E-state index is 10.5. The van der Waals surface area contributed by atoms with E-state index in [0.29, 0.717) is 0 Å². The second kappa shape index (κ2) is 42.4. The molecular weight excluding hydrogens is 569 g/mol. The fourth-order valence-corrected chi connectivity index (χ4v) is 2.25. The molecule has 0 aliphatic heterocycles. The third kappa shape index (κ3) is 50.1. The van der Waals surface area contributed by atoms with E-state index in [1.165, 1.54) is 0 Å². The molecule has 0 rings (SSSR count). The van der Waals surface area contributed by atoms with Crippen molar-refractivity contribution < 1.29 is 90.2 Å². The molecule has 201 valence electrons. The predicted octanol–water partition coefficient (Wildman–Crippen LogP) is 1.88. The average Bonchev–Trinajstić information content (AvgIpc) is 2.81. The molecule has 0 aromatic heterocycles. The normalized spacial score (nSPS) is 9.06. The second-order valence-electron chi connectivity index (χ2n) is 3.37. The van der Waals surface area contributed by atoms with Crippen molar-refractivity contribution in [2.24, 2.45) is 0 Å². The van der Waals surface area contributed by atoms with Gasteiger partial charge in [-0.1, -0.05) is 0 Å². The van der Waals surface area contributed by atoms with E-state index < -0.39 is 38.0 Å². The van der Waals surface area contributed by atoms with Crippen LogP contribution in [0.15, 0.2) is 0 Å². The molecule has 33 heavy (non-hydrogen) atoms. The van der Waals surface area contributed by atoms with Gasteiger partial charge in [0.2, 0.25) is 0 Å². The Balaban J connectivity index is -0.0000000514. The van der Waals surface area contributed by atoms with E-state index in [1.54, 1.807) is 64.0 Å².